The topological polar surface area (TPSA) is 124 Å². The second kappa shape index (κ2) is 5.97. The third-order valence-corrected chi connectivity index (χ3v) is 4.80. The minimum atomic E-state index is -0.738. The third-order valence-electron chi connectivity index (χ3n) is 4.80. The number of nitrogens with zero attached hydrogens (tertiary/aromatic N) is 3. The summed E-state index contributed by atoms with van der Waals surface area (Å²) in [6.07, 6.45) is 2.05. The number of aromatic nitrogens is 3. The molecule has 2 aromatic heterocycles. The van der Waals surface area contributed by atoms with Crippen LogP contribution in [-0.2, 0) is 11.8 Å². The van der Waals surface area contributed by atoms with Crippen LogP contribution in [0.3, 0.4) is 0 Å². The Morgan fingerprint density at radius 1 is 1.30 bits per heavy atom. The van der Waals surface area contributed by atoms with E-state index in [4.69, 9.17) is 0 Å². The van der Waals surface area contributed by atoms with E-state index >= 15 is 0 Å². The van der Waals surface area contributed by atoms with Crippen LogP contribution in [0, 0.1) is 0 Å². The van der Waals surface area contributed by atoms with Gasteiger partial charge in [-0.15, -0.1) is 0 Å². The number of hydrogen-bond donors (Lipinski definition) is 3. The van der Waals surface area contributed by atoms with Gasteiger partial charge in [-0.2, -0.15) is 5.10 Å². The van der Waals surface area contributed by atoms with Gasteiger partial charge >= 0.3 is 5.69 Å². The lowest BCUT2D eigenvalue weighted by Crippen LogP contribution is -2.32. The van der Waals surface area contributed by atoms with Crippen molar-refractivity contribution in [3.05, 3.63) is 62.4 Å². The highest BCUT2D eigenvalue weighted by atomic mass is 16.3. The lowest BCUT2D eigenvalue weighted by molar-refractivity contribution is -0.130. The number of benzene rings is 1. The van der Waals surface area contributed by atoms with Gasteiger partial charge in [0.25, 0.3) is 5.56 Å². The van der Waals surface area contributed by atoms with Crippen molar-refractivity contribution in [1.82, 2.24) is 19.5 Å². The number of carbonyl (C=O) groups is 1. The molecule has 0 spiro atoms. The molecular weight excluding hydrogens is 350 g/mol. The summed E-state index contributed by atoms with van der Waals surface area (Å²) < 4.78 is 0.927. The Balaban J connectivity index is 1.84. The molecule has 138 valence electrons. The number of aromatic amines is 2. The summed E-state index contributed by atoms with van der Waals surface area (Å²) in [7, 11) is 1.34. The molecule has 9 nitrogen and oxygen atoms in total. The molecule has 0 aliphatic carbocycles. The number of hydrazone groups is 1. The summed E-state index contributed by atoms with van der Waals surface area (Å²) in [5.41, 5.74) is 0.460. The van der Waals surface area contributed by atoms with Crippen molar-refractivity contribution >= 4 is 22.5 Å². The van der Waals surface area contributed by atoms with Crippen molar-refractivity contribution in [3.63, 3.8) is 0 Å². The molecule has 1 aliphatic heterocycles. The second-order valence-electron chi connectivity index (χ2n) is 6.44. The van der Waals surface area contributed by atoms with E-state index in [1.165, 1.54) is 19.0 Å². The largest absolute Gasteiger partial charge is 0.494 e. The van der Waals surface area contributed by atoms with Gasteiger partial charge in [-0.05, 0) is 6.07 Å². The van der Waals surface area contributed by atoms with Gasteiger partial charge in [0.1, 0.15) is 5.56 Å². The smallest absolute Gasteiger partial charge is 0.330 e. The molecule has 1 aromatic carbocycles. The third kappa shape index (κ3) is 2.55. The van der Waals surface area contributed by atoms with Crippen molar-refractivity contribution < 1.29 is 9.90 Å². The maximum absolute atomic E-state index is 12.3. The van der Waals surface area contributed by atoms with Gasteiger partial charge in [0, 0.05) is 43.1 Å². The number of nitrogens with one attached hydrogen (secondary N) is 2. The van der Waals surface area contributed by atoms with Gasteiger partial charge < -0.3 is 10.1 Å². The maximum Gasteiger partial charge on any atom is 0.330 e. The maximum atomic E-state index is 12.3. The van der Waals surface area contributed by atoms with Gasteiger partial charge in [0.2, 0.25) is 11.8 Å². The number of carbonyl (C=O) groups excluding carboxylic acids is 1. The number of amides is 1. The summed E-state index contributed by atoms with van der Waals surface area (Å²) in [6.45, 7) is 1.39. The molecule has 3 heterocycles. The monoisotopic (exact) mass is 367 g/mol. The van der Waals surface area contributed by atoms with Crippen LogP contribution in [-0.4, -0.2) is 36.3 Å². The number of H-pyrrole nitrogens is 2. The van der Waals surface area contributed by atoms with Crippen molar-refractivity contribution in [3.8, 4) is 5.88 Å². The first kappa shape index (κ1) is 16.8. The molecule has 3 aromatic rings. The lowest BCUT2D eigenvalue weighted by Gasteiger charge is -2.19. The molecule has 1 aliphatic rings. The zero-order chi connectivity index (χ0) is 19.3. The van der Waals surface area contributed by atoms with Crippen molar-refractivity contribution in [1.29, 1.82) is 0 Å². The van der Waals surface area contributed by atoms with Crippen LogP contribution in [0.15, 0.2) is 45.2 Å². The van der Waals surface area contributed by atoms with Gasteiger partial charge in [-0.3, -0.25) is 19.1 Å². The first-order valence-corrected chi connectivity index (χ1v) is 8.34. The Kier molecular flexibility index (Phi) is 3.72. The van der Waals surface area contributed by atoms with Gasteiger partial charge in [0.15, 0.2) is 0 Å². The van der Waals surface area contributed by atoms with Gasteiger partial charge in [-0.25, -0.2) is 9.80 Å². The Morgan fingerprint density at radius 2 is 2.04 bits per heavy atom. The van der Waals surface area contributed by atoms with E-state index in [0.29, 0.717) is 0 Å². The van der Waals surface area contributed by atoms with Crippen molar-refractivity contribution in [2.24, 2.45) is 12.1 Å². The lowest BCUT2D eigenvalue weighted by atomic mass is 9.98. The minimum Gasteiger partial charge on any atom is -0.494 e. The van der Waals surface area contributed by atoms with Crippen LogP contribution in [0.5, 0.6) is 5.88 Å². The average Bonchev–Trinajstić information content (AvgIpc) is 3.24. The molecule has 1 amide bonds. The molecule has 0 saturated carbocycles. The van der Waals surface area contributed by atoms with Gasteiger partial charge in [-0.1, -0.05) is 18.2 Å². The van der Waals surface area contributed by atoms with E-state index in [0.717, 1.165) is 21.0 Å². The van der Waals surface area contributed by atoms with E-state index in [1.807, 2.05) is 30.5 Å². The van der Waals surface area contributed by atoms with Crippen molar-refractivity contribution in [2.75, 3.05) is 0 Å². The Bertz CT molecular complexity index is 1220. The Morgan fingerprint density at radius 3 is 2.78 bits per heavy atom. The summed E-state index contributed by atoms with van der Waals surface area (Å²) >= 11 is 0. The predicted molar refractivity (Wildman–Crippen MR) is 98.7 cm³/mol. The van der Waals surface area contributed by atoms with E-state index in [-0.39, 0.29) is 23.6 Å². The van der Waals surface area contributed by atoms with Crippen LogP contribution in [0.2, 0.25) is 0 Å². The number of para-hydroxylation sites is 1. The predicted octanol–water partition coefficient (Wildman–Crippen LogP) is 0.958. The van der Waals surface area contributed by atoms with E-state index in [9.17, 15) is 19.5 Å². The summed E-state index contributed by atoms with van der Waals surface area (Å²) in [4.78, 5) is 41.4. The van der Waals surface area contributed by atoms with Crippen molar-refractivity contribution in [2.45, 2.75) is 19.4 Å². The Labute approximate surface area is 152 Å². The van der Waals surface area contributed by atoms with Crippen LogP contribution in [0.25, 0.3) is 10.9 Å². The number of rotatable bonds is 2. The SMILES string of the molecule is CC(=O)N1N=C(c2c(O)n(C)c(=O)[nH]c2=O)C[C@H]1c1c[nH]c2ccccc12. The number of hydrogen-bond acceptors (Lipinski definition) is 5. The van der Waals surface area contributed by atoms with E-state index in [2.05, 4.69) is 15.1 Å². The molecule has 0 saturated heterocycles. The highest BCUT2D eigenvalue weighted by molar-refractivity contribution is 6.04. The molecule has 0 unspecified atom stereocenters. The fourth-order valence-electron chi connectivity index (χ4n) is 3.43. The Hall–Kier alpha value is -3.62. The molecule has 0 radical (unpaired) electrons. The normalized spacial score (nSPS) is 16.7. The van der Waals surface area contributed by atoms with Crippen LogP contribution >= 0.6 is 0 Å². The second-order valence-corrected chi connectivity index (χ2v) is 6.44. The van der Waals surface area contributed by atoms with Crippen LogP contribution in [0.4, 0.5) is 0 Å². The summed E-state index contributed by atoms with van der Waals surface area (Å²) in [6, 6.07) is 7.25. The number of aromatic hydroxyl groups is 1. The molecule has 4 rings (SSSR count). The fraction of sp³-hybridized carbons (Fsp3) is 0.222. The summed E-state index contributed by atoms with van der Waals surface area (Å²) in [5.74, 6) is -0.772. The molecule has 9 heteroatoms. The molecular formula is C18H17N5O4. The fourth-order valence-corrected chi connectivity index (χ4v) is 3.43. The first-order chi connectivity index (χ1) is 12.9. The van der Waals surface area contributed by atoms with E-state index < -0.39 is 23.2 Å². The van der Waals surface area contributed by atoms with E-state index in [1.54, 1.807) is 0 Å². The molecule has 0 fully saturated rings. The van der Waals surface area contributed by atoms with Crippen LogP contribution in [0.1, 0.15) is 30.5 Å². The standard InChI is InChI=1S/C18H17N5O4/c1-9(24)23-14(11-8-19-12-6-4-3-5-10(11)12)7-13(21-23)15-16(25)20-18(27)22(2)17(15)26/h3-6,8,14,19,26H,7H2,1-2H3,(H,20,25,27)/t14-/m0/s1. The zero-order valence-electron chi connectivity index (χ0n) is 14.7. The molecule has 27 heavy (non-hydrogen) atoms. The minimum absolute atomic E-state index is 0.106. The highest BCUT2D eigenvalue weighted by Gasteiger charge is 2.35. The van der Waals surface area contributed by atoms with Gasteiger partial charge in [0.05, 0.1) is 11.8 Å². The first-order valence-electron chi connectivity index (χ1n) is 8.34. The zero-order valence-corrected chi connectivity index (χ0v) is 14.7. The molecule has 0 bridgehead atoms. The molecule has 3 N–H and O–H groups in total. The van der Waals surface area contributed by atoms with Crippen LogP contribution < -0.4 is 11.2 Å². The molecule has 1 atom stereocenters. The number of fused-ring (bicyclic) bond motifs is 1. The highest BCUT2D eigenvalue weighted by Crippen LogP contribution is 2.36. The summed E-state index contributed by atoms with van der Waals surface area (Å²) in [5, 5.41) is 16.8. The average molecular weight is 367 g/mol. The quantitative estimate of drug-likeness (QED) is 0.624.